The van der Waals surface area contributed by atoms with Crippen LogP contribution in [0.4, 0.5) is 10.1 Å². The fourth-order valence-electron chi connectivity index (χ4n) is 3.62. The maximum absolute atomic E-state index is 14.9. The van der Waals surface area contributed by atoms with E-state index >= 15 is 0 Å². The highest BCUT2D eigenvalue weighted by atomic mass is 35.5. The van der Waals surface area contributed by atoms with E-state index in [1.54, 1.807) is 6.20 Å². The number of benzene rings is 1. The Morgan fingerprint density at radius 2 is 1.88 bits per heavy atom. The maximum Gasteiger partial charge on any atom is 0.208 e. The molecule has 1 aliphatic carbocycles. The first-order chi connectivity index (χ1) is 12.0. The number of nitrogens with zero attached hydrogens (tertiary/aromatic N) is 3. The highest BCUT2D eigenvalue weighted by molar-refractivity contribution is 6.38. The predicted molar refractivity (Wildman–Crippen MR) is 101 cm³/mol. The van der Waals surface area contributed by atoms with Gasteiger partial charge in [0.25, 0.3) is 0 Å². The van der Waals surface area contributed by atoms with Crippen LogP contribution in [0.2, 0.25) is 10.0 Å². The van der Waals surface area contributed by atoms with Crippen LogP contribution in [-0.4, -0.2) is 42.2 Å². The second-order valence-electron chi connectivity index (χ2n) is 6.78. The maximum atomic E-state index is 14.9. The molecule has 1 aromatic carbocycles. The van der Waals surface area contributed by atoms with E-state index in [0.717, 1.165) is 45.6 Å². The summed E-state index contributed by atoms with van der Waals surface area (Å²) < 4.78 is 16.8. The third-order valence-corrected chi connectivity index (χ3v) is 5.84. The number of piperazine rings is 1. The molecule has 2 heterocycles. The molecule has 1 aromatic heterocycles. The van der Waals surface area contributed by atoms with Crippen LogP contribution in [-0.2, 0) is 0 Å². The number of fused-ring (bicyclic) bond motifs is 1. The Labute approximate surface area is 155 Å². The summed E-state index contributed by atoms with van der Waals surface area (Å²) in [6.07, 6.45) is 3.69. The van der Waals surface area contributed by atoms with E-state index in [0.29, 0.717) is 16.2 Å². The number of hydrogen-bond acceptors (Lipinski definition) is 3. The second-order valence-corrected chi connectivity index (χ2v) is 7.57. The summed E-state index contributed by atoms with van der Waals surface area (Å²) >= 11 is 12.7. The molecule has 0 bridgehead atoms. The molecule has 25 heavy (non-hydrogen) atoms. The van der Waals surface area contributed by atoms with Crippen molar-refractivity contribution in [2.75, 3.05) is 37.6 Å². The van der Waals surface area contributed by atoms with Gasteiger partial charge < -0.3 is 14.4 Å². The van der Waals surface area contributed by atoms with Gasteiger partial charge in [0.15, 0.2) is 0 Å². The molecule has 0 amide bonds. The Kier molecular flexibility index (Phi) is 4.42. The minimum atomic E-state index is -0.454. The van der Waals surface area contributed by atoms with Gasteiger partial charge in [-0.1, -0.05) is 30.1 Å². The lowest BCUT2D eigenvalue weighted by Gasteiger charge is -2.36. The first-order valence-corrected chi connectivity index (χ1v) is 9.46. The summed E-state index contributed by atoms with van der Waals surface area (Å²) in [5.41, 5.74) is 0.644. The van der Waals surface area contributed by atoms with Crippen molar-refractivity contribution in [3.05, 3.63) is 38.3 Å². The van der Waals surface area contributed by atoms with Gasteiger partial charge in [-0.3, -0.25) is 4.79 Å². The van der Waals surface area contributed by atoms with E-state index in [1.807, 2.05) is 9.47 Å². The Hall–Kier alpha value is -1.30. The number of pyridine rings is 1. The summed E-state index contributed by atoms with van der Waals surface area (Å²) in [6.45, 7) is 6.30. The average molecular weight is 384 g/mol. The van der Waals surface area contributed by atoms with Crippen LogP contribution in [0.15, 0.2) is 17.1 Å². The minimum absolute atomic E-state index is 0.110. The zero-order chi connectivity index (χ0) is 17.7. The summed E-state index contributed by atoms with van der Waals surface area (Å²) in [5, 5.41) is 0.692. The first-order valence-electron chi connectivity index (χ1n) is 8.71. The van der Waals surface area contributed by atoms with E-state index in [2.05, 4.69) is 11.8 Å². The Morgan fingerprint density at radius 1 is 1.20 bits per heavy atom. The number of anilines is 1. The van der Waals surface area contributed by atoms with Crippen molar-refractivity contribution < 1.29 is 4.39 Å². The van der Waals surface area contributed by atoms with Gasteiger partial charge in [0.1, 0.15) is 10.8 Å². The summed E-state index contributed by atoms with van der Waals surface area (Å²) in [7, 11) is 0. The third-order valence-electron chi connectivity index (χ3n) is 5.22. The van der Waals surface area contributed by atoms with E-state index in [9.17, 15) is 9.18 Å². The minimum Gasteiger partial charge on any atom is -0.365 e. The number of rotatable bonds is 3. The highest BCUT2D eigenvalue weighted by Gasteiger charge is 2.29. The lowest BCUT2D eigenvalue weighted by atomic mass is 10.1. The lowest BCUT2D eigenvalue weighted by molar-refractivity contribution is 0.270. The fraction of sp³-hybridized carbons (Fsp3) is 0.500. The zero-order valence-electron chi connectivity index (χ0n) is 14.1. The number of likely N-dealkylation sites (N-methyl/N-ethyl adjacent to an activating group) is 1. The molecule has 2 aliphatic rings. The summed E-state index contributed by atoms with van der Waals surface area (Å²) in [6, 6.07) is 1.59. The van der Waals surface area contributed by atoms with Crippen LogP contribution in [0.25, 0.3) is 10.9 Å². The third kappa shape index (κ3) is 2.92. The van der Waals surface area contributed by atoms with Gasteiger partial charge in [-0.15, -0.1) is 0 Å². The smallest absolute Gasteiger partial charge is 0.208 e. The lowest BCUT2D eigenvalue weighted by Crippen LogP contribution is -2.46. The molecule has 4 rings (SSSR count). The average Bonchev–Trinajstić information content (AvgIpc) is 3.44. The Balaban J connectivity index is 1.88. The normalized spacial score (nSPS) is 19.0. The zero-order valence-corrected chi connectivity index (χ0v) is 15.6. The van der Waals surface area contributed by atoms with E-state index < -0.39 is 5.82 Å². The molecule has 1 aliphatic heterocycles. The number of hydrogen-bond donors (Lipinski definition) is 0. The summed E-state index contributed by atoms with van der Waals surface area (Å²) in [5.74, 6) is -0.454. The van der Waals surface area contributed by atoms with Crippen LogP contribution in [0.1, 0.15) is 25.8 Å². The van der Waals surface area contributed by atoms with Crippen LogP contribution in [0.5, 0.6) is 0 Å². The van der Waals surface area contributed by atoms with Crippen molar-refractivity contribution in [3.63, 3.8) is 0 Å². The van der Waals surface area contributed by atoms with Crippen molar-refractivity contribution in [1.82, 2.24) is 9.47 Å². The monoisotopic (exact) mass is 383 g/mol. The molecule has 0 radical (unpaired) electrons. The Morgan fingerprint density at radius 3 is 2.48 bits per heavy atom. The molecule has 7 heteroatoms. The van der Waals surface area contributed by atoms with Crippen molar-refractivity contribution in [2.24, 2.45) is 0 Å². The van der Waals surface area contributed by atoms with Gasteiger partial charge >= 0.3 is 0 Å². The second kappa shape index (κ2) is 6.45. The predicted octanol–water partition coefficient (Wildman–Crippen LogP) is 3.92. The topological polar surface area (TPSA) is 28.5 Å². The highest BCUT2D eigenvalue weighted by Crippen LogP contribution is 2.42. The van der Waals surface area contributed by atoms with Gasteiger partial charge in [0.2, 0.25) is 5.43 Å². The van der Waals surface area contributed by atoms with E-state index in [-0.39, 0.29) is 21.9 Å². The molecule has 0 N–H and O–H groups in total. The van der Waals surface area contributed by atoms with Crippen LogP contribution in [0.3, 0.4) is 0 Å². The quantitative estimate of drug-likeness (QED) is 0.803. The SMILES string of the molecule is CCN1CCN(c2c(F)cc3c(=O)c(Cl)cn(C4CC4)c3c2Cl)CC1. The van der Waals surface area contributed by atoms with Crippen LogP contribution >= 0.6 is 23.2 Å². The fourth-order valence-corrected chi connectivity index (χ4v) is 4.23. The van der Waals surface area contributed by atoms with Gasteiger partial charge in [-0.2, -0.15) is 0 Å². The molecule has 4 nitrogen and oxygen atoms in total. The molecule has 0 atom stereocenters. The van der Waals surface area contributed by atoms with Gasteiger partial charge in [0, 0.05) is 38.4 Å². The standard InChI is InChI=1S/C18H20Cl2FN3O/c1-2-22-5-7-23(8-6-22)17-14(21)9-12-16(15(17)20)24(11-3-4-11)10-13(19)18(12)25/h9-11H,2-8H2,1H3. The number of aromatic nitrogens is 1. The Bertz CT molecular complexity index is 886. The molecule has 1 saturated carbocycles. The van der Waals surface area contributed by atoms with Gasteiger partial charge in [-0.25, -0.2) is 4.39 Å². The van der Waals surface area contributed by atoms with Crippen molar-refractivity contribution in [1.29, 1.82) is 0 Å². The number of halogens is 3. The van der Waals surface area contributed by atoms with Crippen LogP contribution in [0, 0.1) is 5.82 Å². The van der Waals surface area contributed by atoms with E-state index in [4.69, 9.17) is 23.2 Å². The molecule has 2 fully saturated rings. The largest absolute Gasteiger partial charge is 0.365 e. The molecular weight excluding hydrogens is 364 g/mol. The molecule has 0 spiro atoms. The van der Waals surface area contributed by atoms with Gasteiger partial charge in [0.05, 0.1) is 21.6 Å². The molecule has 0 unspecified atom stereocenters. The van der Waals surface area contributed by atoms with Crippen LogP contribution < -0.4 is 10.3 Å². The molecular formula is C18H20Cl2FN3O. The molecule has 134 valence electrons. The molecule has 1 saturated heterocycles. The molecule has 2 aromatic rings. The van der Waals surface area contributed by atoms with Crippen molar-refractivity contribution in [2.45, 2.75) is 25.8 Å². The van der Waals surface area contributed by atoms with Crippen molar-refractivity contribution in [3.8, 4) is 0 Å². The summed E-state index contributed by atoms with van der Waals surface area (Å²) in [4.78, 5) is 16.7. The van der Waals surface area contributed by atoms with Crippen molar-refractivity contribution >= 4 is 39.8 Å². The first kappa shape index (κ1) is 17.1. The van der Waals surface area contributed by atoms with Gasteiger partial charge in [-0.05, 0) is 25.5 Å². The van der Waals surface area contributed by atoms with E-state index in [1.165, 1.54) is 6.07 Å².